The van der Waals surface area contributed by atoms with Crippen LogP contribution >= 0.6 is 11.8 Å². The predicted octanol–water partition coefficient (Wildman–Crippen LogP) is 2.46. The van der Waals surface area contributed by atoms with Gasteiger partial charge in [0.1, 0.15) is 0 Å². The van der Waals surface area contributed by atoms with E-state index >= 15 is 0 Å². The van der Waals surface area contributed by atoms with E-state index in [2.05, 4.69) is 4.98 Å². The van der Waals surface area contributed by atoms with Gasteiger partial charge in [-0.15, -0.1) is 11.8 Å². The van der Waals surface area contributed by atoms with E-state index in [1.807, 2.05) is 30.3 Å². The zero-order valence-corrected chi connectivity index (χ0v) is 13.8. The smallest absolute Gasteiger partial charge is 0.329 e. The van der Waals surface area contributed by atoms with Crippen molar-refractivity contribution in [3.63, 3.8) is 0 Å². The number of rotatable bonds is 5. The SMILES string of the molecule is Cc1cn(C2CCC(COCc3ccccc3)S2)c(=O)[nH]c1=O. The van der Waals surface area contributed by atoms with Gasteiger partial charge in [0.05, 0.1) is 18.6 Å². The van der Waals surface area contributed by atoms with E-state index in [9.17, 15) is 9.59 Å². The summed E-state index contributed by atoms with van der Waals surface area (Å²) in [4.78, 5) is 25.8. The molecular weight excluding hydrogens is 312 g/mol. The summed E-state index contributed by atoms with van der Waals surface area (Å²) in [7, 11) is 0. The molecule has 5 nitrogen and oxygen atoms in total. The van der Waals surface area contributed by atoms with Crippen LogP contribution in [-0.4, -0.2) is 21.4 Å². The van der Waals surface area contributed by atoms with Gasteiger partial charge in [0.25, 0.3) is 5.56 Å². The normalized spacial score (nSPS) is 20.7. The number of aromatic amines is 1. The first-order chi connectivity index (χ1) is 11.1. The monoisotopic (exact) mass is 332 g/mol. The van der Waals surface area contributed by atoms with Gasteiger partial charge in [-0.05, 0) is 25.3 Å². The lowest BCUT2D eigenvalue weighted by atomic mass is 10.2. The highest BCUT2D eigenvalue weighted by Crippen LogP contribution is 2.40. The van der Waals surface area contributed by atoms with Crippen molar-refractivity contribution >= 4 is 11.8 Å². The number of hydrogen-bond donors (Lipinski definition) is 1. The average molecular weight is 332 g/mol. The van der Waals surface area contributed by atoms with Crippen molar-refractivity contribution in [1.29, 1.82) is 0 Å². The lowest BCUT2D eigenvalue weighted by molar-refractivity contribution is 0.121. The maximum absolute atomic E-state index is 11.9. The molecule has 1 N–H and O–H groups in total. The molecule has 3 rings (SSSR count). The number of hydrogen-bond acceptors (Lipinski definition) is 4. The molecule has 0 spiro atoms. The molecule has 2 heterocycles. The standard InChI is InChI=1S/C17H20N2O3S/c1-12-9-19(17(21)18-16(12)20)15-8-7-14(23-15)11-22-10-13-5-3-2-4-6-13/h2-6,9,14-15H,7-8,10-11H2,1H3,(H,18,20,21). The molecule has 1 aliphatic rings. The molecular formula is C17H20N2O3S. The van der Waals surface area contributed by atoms with Crippen LogP contribution < -0.4 is 11.2 Å². The number of aromatic nitrogens is 2. The molecule has 2 unspecified atom stereocenters. The summed E-state index contributed by atoms with van der Waals surface area (Å²) < 4.78 is 7.43. The molecule has 0 amide bonds. The summed E-state index contributed by atoms with van der Waals surface area (Å²) in [5.74, 6) is 0. The van der Waals surface area contributed by atoms with Crippen molar-refractivity contribution in [2.75, 3.05) is 6.61 Å². The first kappa shape index (κ1) is 16.1. The van der Waals surface area contributed by atoms with Gasteiger partial charge in [0, 0.05) is 17.0 Å². The van der Waals surface area contributed by atoms with Crippen LogP contribution in [0.15, 0.2) is 46.1 Å². The minimum atomic E-state index is -0.330. The second-order valence-electron chi connectivity index (χ2n) is 5.77. The fourth-order valence-corrected chi connectivity index (χ4v) is 4.15. The van der Waals surface area contributed by atoms with Crippen molar-refractivity contribution in [2.24, 2.45) is 0 Å². The molecule has 23 heavy (non-hydrogen) atoms. The molecule has 2 aromatic rings. The average Bonchev–Trinajstić information content (AvgIpc) is 3.00. The summed E-state index contributed by atoms with van der Waals surface area (Å²) in [6.07, 6.45) is 3.58. The van der Waals surface area contributed by atoms with Gasteiger partial charge in [-0.3, -0.25) is 14.3 Å². The zero-order valence-electron chi connectivity index (χ0n) is 13.0. The molecule has 6 heteroatoms. The molecule has 0 bridgehead atoms. The Morgan fingerprint density at radius 1 is 1.26 bits per heavy atom. The van der Waals surface area contributed by atoms with Crippen LogP contribution in [0.5, 0.6) is 0 Å². The molecule has 0 aliphatic carbocycles. The fourth-order valence-electron chi connectivity index (χ4n) is 2.70. The topological polar surface area (TPSA) is 64.1 Å². The molecule has 1 aliphatic heterocycles. The number of ether oxygens (including phenoxy) is 1. The third-order valence-corrected chi connectivity index (χ3v) is 5.49. The molecule has 0 saturated carbocycles. The Labute approximate surface area is 138 Å². The van der Waals surface area contributed by atoms with E-state index in [4.69, 9.17) is 4.74 Å². The zero-order chi connectivity index (χ0) is 16.2. The van der Waals surface area contributed by atoms with E-state index < -0.39 is 0 Å². The Morgan fingerprint density at radius 2 is 2.04 bits per heavy atom. The summed E-state index contributed by atoms with van der Waals surface area (Å²) in [5, 5.41) is 0.450. The maximum Gasteiger partial charge on any atom is 0.329 e. The van der Waals surface area contributed by atoms with Crippen LogP contribution in [0.25, 0.3) is 0 Å². The van der Waals surface area contributed by atoms with Gasteiger partial charge in [-0.1, -0.05) is 30.3 Å². The minimum absolute atomic E-state index is 0.0726. The molecule has 0 radical (unpaired) electrons. The van der Waals surface area contributed by atoms with Gasteiger partial charge >= 0.3 is 5.69 Å². The highest BCUT2D eigenvalue weighted by Gasteiger charge is 2.27. The maximum atomic E-state index is 11.9. The number of nitrogens with one attached hydrogen (secondary N) is 1. The van der Waals surface area contributed by atoms with E-state index in [-0.39, 0.29) is 16.6 Å². The molecule has 1 aromatic heterocycles. The second kappa shape index (κ2) is 7.19. The van der Waals surface area contributed by atoms with Crippen molar-refractivity contribution in [3.8, 4) is 0 Å². The third kappa shape index (κ3) is 3.95. The Bertz CT molecular complexity index is 769. The number of aryl methyl sites for hydroxylation is 1. The Morgan fingerprint density at radius 3 is 2.83 bits per heavy atom. The van der Waals surface area contributed by atoms with Crippen molar-refractivity contribution in [2.45, 2.75) is 37.0 Å². The van der Waals surface area contributed by atoms with Gasteiger partial charge < -0.3 is 4.74 Å². The molecule has 1 aromatic carbocycles. The molecule has 1 saturated heterocycles. The van der Waals surface area contributed by atoms with Crippen molar-refractivity contribution in [3.05, 3.63) is 68.5 Å². The first-order valence-electron chi connectivity index (χ1n) is 7.72. The van der Waals surface area contributed by atoms with Crippen LogP contribution in [0, 0.1) is 6.92 Å². The lowest BCUT2D eigenvalue weighted by Gasteiger charge is -2.14. The van der Waals surface area contributed by atoms with E-state index in [1.54, 1.807) is 29.4 Å². The van der Waals surface area contributed by atoms with E-state index in [1.165, 1.54) is 5.56 Å². The van der Waals surface area contributed by atoms with Gasteiger partial charge in [0.15, 0.2) is 0 Å². The molecule has 122 valence electrons. The number of benzene rings is 1. The summed E-state index contributed by atoms with van der Waals surface area (Å²) >= 11 is 1.74. The quantitative estimate of drug-likeness (QED) is 0.913. The van der Waals surface area contributed by atoms with Gasteiger partial charge in [-0.25, -0.2) is 4.79 Å². The summed E-state index contributed by atoms with van der Waals surface area (Å²) in [6.45, 7) is 3.00. The highest BCUT2D eigenvalue weighted by atomic mass is 32.2. The largest absolute Gasteiger partial charge is 0.376 e. The second-order valence-corrected chi connectivity index (χ2v) is 7.25. The van der Waals surface area contributed by atoms with Crippen LogP contribution in [0.3, 0.4) is 0 Å². The number of nitrogens with zero attached hydrogens (tertiary/aromatic N) is 1. The predicted molar refractivity (Wildman–Crippen MR) is 91.8 cm³/mol. The van der Waals surface area contributed by atoms with E-state index in [0.717, 1.165) is 12.8 Å². The van der Waals surface area contributed by atoms with Crippen LogP contribution in [0.4, 0.5) is 0 Å². The van der Waals surface area contributed by atoms with Crippen molar-refractivity contribution < 1.29 is 4.74 Å². The van der Waals surface area contributed by atoms with E-state index in [0.29, 0.717) is 24.0 Å². The van der Waals surface area contributed by atoms with Crippen LogP contribution in [-0.2, 0) is 11.3 Å². The first-order valence-corrected chi connectivity index (χ1v) is 8.67. The van der Waals surface area contributed by atoms with Crippen molar-refractivity contribution in [1.82, 2.24) is 9.55 Å². The highest BCUT2D eigenvalue weighted by molar-refractivity contribution is 8.00. The summed E-state index contributed by atoms with van der Waals surface area (Å²) in [6, 6.07) is 10.1. The number of H-pyrrole nitrogens is 1. The molecule has 1 fully saturated rings. The number of thioether (sulfide) groups is 1. The summed E-state index contributed by atoms with van der Waals surface area (Å²) in [5.41, 5.74) is 1.09. The lowest BCUT2D eigenvalue weighted by Crippen LogP contribution is -2.31. The fraction of sp³-hybridized carbons (Fsp3) is 0.412. The Hall–Kier alpha value is -1.79. The van der Waals surface area contributed by atoms with Gasteiger partial charge in [0.2, 0.25) is 0 Å². The minimum Gasteiger partial charge on any atom is -0.376 e. The third-order valence-electron chi connectivity index (χ3n) is 3.96. The van der Waals surface area contributed by atoms with Crippen LogP contribution in [0.2, 0.25) is 0 Å². The van der Waals surface area contributed by atoms with Gasteiger partial charge in [-0.2, -0.15) is 0 Å². The van der Waals surface area contributed by atoms with Crippen LogP contribution in [0.1, 0.15) is 29.3 Å². The molecule has 2 atom stereocenters. The Kier molecular flexibility index (Phi) is 5.03. The Balaban J connectivity index is 1.55.